The maximum Gasteiger partial charge on any atom is 0.322 e. The van der Waals surface area contributed by atoms with Crippen LogP contribution in [0, 0.1) is 0 Å². The third-order valence-electron chi connectivity index (χ3n) is 5.73. The zero-order valence-electron chi connectivity index (χ0n) is 18.7. The van der Waals surface area contributed by atoms with Gasteiger partial charge in [0.1, 0.15) is 22.7 Å². The molecule has 0 fully saturated rings. The zero-order valence-corrected chi connectivity index (χ0v) is 18.7. The van der Waals surface area contributed by atoms with E-state index in [0.29, 0.717) is 17.7 Å². The van der Waals surface area contributed by atoms with Gasteiger partial charge in [-0.25, -0.2) is 4.98 Å². The fraction of sp³-hybridized carbons (Fsp3) is 0.400. The number of carbonyl (C=O) groups is 1. The summed E-state index contributed by atoms with van der Waals surface area (Å²) in [6, 6.07) is 5.76. The lowest BCUT2D eigenvalue weighted by Crippen LogP contribution is -2.49. The molecule has 0 amide bonds. The average Bonchev–Trinajstić information content (AvgIpc) is 2.72. The van der Waals surface area contributed by atoms with Crippen LogP contribution in [0.1, 0.15) is 58.6 Å². The molecule has 0 radical (unpaired) electrons. The molecular weight excluding hydrogens is 392 g/mol. The number of aliphatic hydroxyl groups excluding tert-OH is 1. The molecule has 1 aromatic carbocycles. The highest BCUT2D eigenvalue weighted by Gasteiger charge is 2.47. The number of Topliss-reactive ketones (excluding diaryl/α,β-unsaturated/α-hetero) is 1. The second-order valence-electron chi connectivity index (χ2n) is 8.93. The molecule has 0 spiro atoms. The first-order valence-electron chi connectivity index (χ1n) is 10.7. The van der Waals surface area contributed by atoms with E-state index in [2.05, 4.69) is 22.1 Å². The van der Waals surface area contributed by atoms with Crippen molar-refractivity contribution in [2.75, 3.05) is 0 Å². The van der Waals surface area contributed by atoms with Gasteiger partial charge in [0.25, 0.3) is 0 Å². The summed E-state index contributed by atoms with van der Waals surface area (Å²) in [4.78, 5) is 22.0. The van der Waals surface area contributed by atoms with Crippen molar-refractivity contribution in [2.24, 2.45) is 0 Å². The highest BCUT2D eigenvalue weighted by Crippen LogP contribution is 2.41. The van der Waals surface area contributed by atoms with Gasteiger partial charge >= 0.3 is 6.01 Å². The van der Waals surface area contributed by atoms with Crippen LogP contribution in [0.2, 0.25) is 0 Å². The Bertz CT molecular complexity index is 1210. The molecular formula is C25H28N2O4. The Morgan fingerprint density at radius 3 is 2.61 bits per heavy atom. The summed E-state index contributed by atoms with van der Waals surface area (Å²) in [6.07, 6.45) is 8.58. The Balaban J connectivity index is 1.79. The molecule has 6 nitrogen and oxygen atoms in total. The first kappa shape index (κ1) is 21.2. The largest absolute Gasteiger partial charge is 0.508 e. The molecule has 2 aliphatic rings. The van der Waals surface area contributed by atoms with Crippen molar-refractivity contribution < 1.29 is 19.4 Å². The number of aliphatic hydroxyl groups is 1. The van der Waals surface area contributed by atoms with Gasteiger partial charge in [-0.15, -0.1) is 0 Å². The Morgan fingerprint density at radius 2 is 1.87 bits per heavy atom. The number of nitrogens with zero attached hydrogens (tertiary/aromatic N) is 2. The van der Waals surface area contributed by atoms with Crippen molar-refractivity contribution in [3.8, 4) is 11.8 Å². The van der Waals surface area contributed by atoms with Gasteiger partial charge in [-0.05, 0) is 70.2 Å². The number of benzene rings is 1. The minimum Gasteiger partial charge on any atom is -0.508 e. The SMILES string of the molecule is CCc1ccc(Oc2ncc3c(n2)=CCCC=3)cc1C1=C(O)C(C)(C)OC(C)(C)C1=O. The van der Waals surface area contributed by atoms with Gasteiger partial charge in [0.05, 0.1) is 10.9 Å². The van der Waals surface area contributed by atoms with Crippen LogP contribution in [0.3, 0.4) is 0 Å². The minimum atomic E-state index is -1.05. The predicted molar refractivity (Wildman–Crippen MR) is 119 cm³/mol. The number of rotatable bonds is 4. The Hall–Kier alpha value is -2.99. The lowest BCUT2D eigenvalue weighted by atomic mass is 9.81. The van der Waals surface area contributed by atoms with Crippen LogP contribution in [-0.4, -0.2) is 32.1 Å². The quantitative estimate of drug-likeness (QED) is 0.814. The van der Waals surface area contributed by atoms with Crippen LogP contribution in [0.5, 0.6) is 11.8 Å². The van der Waals surface area contributed by atoms with Gasteiger partial charge in [-0.3, -0.25) is 4.79 Å². The van der Waals surface area contributed by atoms with Gasteiger partial charge in [0, 0.05) is 11.4 Å². The normalized spacial score (nSPS) is 19.3. The van der Waals surface area contributed by atoms with Gasteiger partial charge in [-0.2, -0.15) is 4.98 Å². The molecule has 31 heavy (non-hydrogen) atoms. The molecule has 0 atom stereocenters. The summed E-state index contributed by atoms with van der Waals surface area (Å²) in [5.74, 6) is 0.173. The second kappa shape index (κ2) is 7.61. The number of ketones is 1. The zero-order chi connectivity index (χ0) is 22.4. The Labute approximate surface area is 182 Å². The fourth-order valence-corrected chi connectivity index (χ4v) is 4.17. The van der Waals surface area contributed by atoms with Gasteiger partial charge in [-0.1, -0.05) is 25.1 Å². The van der Waals surface area contributed by atoms with Crippen molar-refractivity contribution >= 4 is 23.5 Å². The van der Waals surface area contributed by atoms with Crippen molar-refractivity contribution in [3.05, 3.63) is 51.8 Å². The summed E-state index contributed by atoms with van der Waals surface area (Å²) in [5, 5.41) is 12.8. The van der Waals surface area contributed by atoms with Crippen molar-refractivity contribution in [2.45, 2.75) is 65.1 Å². The highest BCUT2D eigenvalue weighted by molar-refractivity contribution is 6.26. The summed E-state index contributed by atoms with van der Waals surface area (Å²) in [7, 11) is 0. The minimum absolute atomic E-state index is 0.0705. The van der Waals surface area contributed by atoms with E-state index < -0.39 is 11.2 Å². The van der Waals surface area contributed by atoms with Crippen LogP contribution < -0.4 is 15.3 Å². The number of aromatic nitrogens is 2. The Kier molecular flexibility index (Phi) is 5.21. The van der Waals surface area contributed by atoms with Gasteiger partial charge in [0.15, 0.2) is 5.78 Å². The maximum atomic E-state index is 13.2. The van der Waals surface area contributed by atoms with Gasteiger partial charge < -0.3 is 14.6 Å². The molecule has 0 bridgehead atoms. The van der Waals surface area contributed by atoms with E-state index >= 15 is 0 Å². The molecule has 0 saturated carbocycles. The standard InChI is InChI=1S/C25H28N2O4/c1-6-15-11-12-17(30-23-26-14-16-9-7-8-10-19(16)27-23)13-18(15)20-21(28)24(2,3)31-25(4,5)22(20)29/h9-14,28H,6-8H2,1-5H3. The van der Waals surface area contributed by atoms with Crippen LogP contribution >= 0.6 is 0 Å². The maximum absolute atomic E-state index is 13.2. The number of hydrogen-bond donors (Lipinski definition) is 1. The van der Waals surface area contributed by atoms with Crippen LogP contribution in [-0.2, 0) is 16.0 Å². The number of carbonyl (C=O) groups excluding carboxylic acids is 1. The number of ether oxygens (including phenoxy) is 2. The fourth-order valence-electron chi connectivity index (χ4n) is 4.17. The average molecular weight is 421 g/mol. The van der Waals surface area contributed by atoms with Crippen LogP contribution in [0.25, 0.3) is 17.7 Å². The molecule has 4 rings (SSSR count). The summed E-state index contributed by atoms with van der Waals surface area (Å²) < 4.78 is 11.8. The van der Waals surface area contributed by atoms with E-state index in [9.17, 15) is 9.90 Å². The van der Waals surface area contributed by atoms with E-state index in [1.165, 1.54) is 0 Å². The molecule has 162 valence electrons. The van der Waals surface area contributed by atoms with E-state index in [1.54, 1.807) is 40.0 Å². The summed E-state index contributed by atoms with van der Waals surface area (Å²) >= 11 is 0. The molecule has 2 heterocycles. The molecule has 1 N–H and O–H groups in total. The topological polar surface area (TPSA) is 81.5 Å². The molecule has 6 heteroatoms. The molecule has 1 aromatic heterocycles. The van der Waals surface area contributed by atoms with Crippen molar-refractivity contribution in [3.63, 3.8) is 0 Å². The van der Waals surface area contributed by atoms with Gasteiger partial charge in [0.2, 0.25) is 0 Å². The smallest absolute Gasteiger partial charge is 0.322 e. The molecule has 0 saturated heterocycles. The summed E-state index contributed by atoms with van der Waals surface area (Å²) in [5.41, 5.74) is -0.184. The first-order valence-corrected chi connectivity index (χ1v) is 10.7. The lowest BCUT2D eigenvalue weighted by molar-refractivity contribution is -0.158. The molecule has 1 aliphatic carbocycles. The van der Waals surface area contributed by atoms with E-state index in [-0.39, 0.29) is 23.1 Å². The predicted octanol–water partition coefficient (Wildman–Crippen LogP) is 3.61. The monoisotopic (exact) mass is 420 g/mol. The van der Waals surface area contributed by atoms with Crippen LogP contribution in [0.15, 0.2) is 30.2 Å². The van der Waals surface area contributed by atoms with E-state index in [4.69, 9.17) is 9.47 Å². The third-order valence-corrected chi connectivity index (χ3v) is 5.73. The van der Waals surface area contributed by atoms with E-state index in [0.717, 1.165) is 29.0 Å². The van der Waals surface area contributed by atoms with Crippen molar-refractivity contribution in [1.82, 2.24) is 9.97 Å². The Morgan fingerprint density at radius 1 is 1.13 bits per heavy atom. The molecule has 0 unspecified atom stereocenters. The first-order chi connectivity index (χ1) is 14.6. The van der Waals surface area contributed by atoms with Crippen molar-refractivity contribution in [1.29, 1.82) is 0 Å². The van der Waals surface area contributed by atoms with Crippen LogP contribution in [0.4, 0.5) is 0 Å². The number of hydrogen-bond acceptors (Lipinski definition) is 6. The molecule has 2 aromatic rings. The number of fused-ring (bicyclic) bond motifs is 1. The highest BCUT2D eigenvalue weighted by atomic mass is 16.5. The third kappa shape index (κ3) is 3.88. The lowest BCUT2D eigenvalue weighted by Gasteiger charge is -2.40. The summed E-state index contributed by atoms with van der Waals surface area (Å²) in [6.45, 7) is 8.98. The molecule has 1 aliphatic heterocycles. The number of aryl methyl sites for hydroxylation is 1. The van der Waals surface area contributed by atoms with E-state index in [1.807, 2.05) is 19.1 Å². The second-order valence-corrected chi connectivity index (χ2v) is 8.93.